The van der Waals surface area contributed by atoms with Gasteiger partial charge in [0.1, 0.15) is 0 Å². The van der Waals surface area contributed by atoms with Crippen molar-refractivity contribution in [1.82, 2.24) is 10.2 Å². The summed E-state index contributed by atoms with van der Waals surface area (Å²) in [5, 5.41) is 2.35. The Labute approximate surface area is 102 Å². The summed E-state index contributed by atoms with van der Waals surface area (Å²) in [4.78, 5) is 24.8. The van der Waals surface area contributed by atoms with E-state index in [1.807, 2.05) is 4.90 Å². The van der Waals surface area contributed by atoms with Crippen LogP contribution in [-0.2, 0) is 9.59 Å². The molecular formula is C12H21N3O2. The van der Waals surface area contributed by atoms with Crippen LogP contribution in [-0.4, -0.2) is 42.4 Å². The van der Waals surface area contributed by atoms with E-state index in [2.05, 4.69) is 5.32 Å². The third-order valence-corrected chi connectivity index (χ3v) is 3.86. The predicted molar refractivity (Wildman–Crippen MR) is 64.1 cm³/mol. The molecule has 5 nitrogen and oxygen atoms in total. The maximum Gasteiger partial charge on any atom is 0.240 e. The summed E-state index contributed by atoms with van der Waals surface area (Å²) in [6.45, 7) is 1.33. The van der Waals surface area contributed by atoms with Crippen molar-refractivity contribution in [2.24, 2.45) is 11.7 Å². The number of piperazine rings is 1. The Bertz CT molecular complexity index is 290. The lowest BCUT2D eigenvalue weighted by Crippen LogP contribution is -2.56. The molecule has 3 N–H and O–H groups in total. The van der Waals surface area contributed by atoms with Gasteiger partial charge in [-0.25, -0.2) is 0 Å². The lowest BCUT2D eigenvalue weighted by atomic mass is 9.93. The quantitative estimate of drug-likeness (QED) is 0.519. The number of nitrogens with two attached hydrogens (primary N) is 1. The van der Waals surface area contributed by atoms with E-state index >= 15 is 0 Å². The van der Waals surface area contributed by atoms with Crippen molar-refractivity contribution in [3.63, 3.8) is 0 Å². The molecule has 2 unspecified atom stereocenters. The van der Waals surface area contributed by atoms with Gasteiger partial charge in [0.05, 0.1) is 13.1 Å². The van der Waals surface area contributed by atoms with Crippen LogP contribution in [0.1, 0.15) is 32.1 Å². The molecule has 0 aromatic carbocycles. The number of carbonyl (C=O) groups excluding carboxylic acids is 2. The van der Waals surface area contributed by atoms with Gasteiger partial charge in [0, 0.05) is 6.04 Å². The van der Waals surface area contributed by atoms with E-state index < -0.39 is 0 Å². The predicted octanol–water partition coefficient (Wildman–Crippen LogP) is -0.148. The zero-order valence-corrected chi connectivity index (χ0v) is 10.2. The van der Waals surface area contributed by atoms with Crippen molar-refractivity contribution in [2.45, 2.75) is 38.1 Å². The molecule has 2 rings (SSSR count). The third kappa shape index (κ3) is 3.04. The van der Waals surface area contributed by atoms with Crippen LogP contribution >= 0.6 is 0 Å². The van der Waals surface area contributed by atoms with Crippen LogP contribution in [0.3, 0.4) is 0 Å². The van der Waals surface area contributed by atoms with E-state index in [1.165, 1.54) is 19.3 Å². The molecule has 1 aliphatic heterocycles. The summed E-state index contributed by atoms with van der Waals surface area (Å²) in [5.41, 5.74) is 5.83. The molecule has 1 heterocycles. The van der Waals surface area contributed by atoms with Crippen molar-refractivity contribution in [3.05, 3.63) is 0 Å². The number of nitrogens with one attached hydrogen (secondary N) is 1. The molecule has 1 aliphatic carbocycles. The van der Waals surface area contributed by atoms with Gasteiger partial charge in [-0.3, -0.25) is 19.8 Å². The second-order valence-electron chi connectivity index (χ2n) is 5.08. The molecule has 0 radical (unpaired) electrons. The fourth-order valence-electron chi connectivity index (χ4n) is 3.01. The molecule has 96 valence electrons. The van der Waals surface area contributed by atoms with Crippen LogP contribution in [0.2, 0.25) is 0 Å². The topological polar surface area (TPSA) is 75.4 Å². The Morgan fingerprint density at radius 2 is 1.76 bits per heavy atom. The van der Waals surface area contributed by atoms with Crippen LogP contribution in [0.4, 0.5) is 0 Å². The zero-order valence-electron chi connectivity index (χ0n) is 10.2. The van der Waals surface area contributed by atoms with E-state index in [0.717, 1.165) is 12.8 Å². The number of carbonyl (C=O) groups is 2. The summed E-state index contributed by atoms with van der Waals surface area (Å²) in [5.74, 6) is 0.0683. The smallest absolute Gasteiger partial charge is 0.240 e. The highest BCUT2D eigenvalue weighted by molar-refractivity contribution is 5.99. The monoisotopic (exact) mass is 239 g/mol. The number of nitrogens with zero attached hydrogens (tertiary/aromatic N) is 1. The first-order chi connectivity index (χ1) is 8.20. The summed E-state index contributed by atoms with van der Waals surface area (Å²) in [7, 11) is 0. The maximum absolute atomic E-state index is 11.4. The van der Waals surface area contributed by atoms with Crippen molar-refractivity contribution < 1.29 is 9.59 Å². The molecule has 2 aliphatic rings. The molecule has 2 atom stereocenters. The van der Waals surface area contributed by atoms with Crippen molar-refractivity contribution in [3.8, 4) is 0 Å². The lowest BCUT2D eigenvalue weighted by molar-refractivity contribution is -0.137. The maximum atomic E-state index is 11.4. The first-order valence-electron chi connectivity index (χ1n) is 6.47. The number of imide groups is 1. The number of rotatable bonds is 2. The van der Waals surface area contributed by atoms with Gasteiger partial charge >= 0.3 is 0 Å². The molecule has 0 bridgehead atoms. The molecule has 5 heteroatoms. The second-order valence-corrected chi connectivity index (χ2v) is 5.08. The van der Waals surface area contributed by atoms with Crippen LogP contribution in [0.15, 0.2) is 0 Å². The summed E-state index contributed by atoms with van der Waals surface area (Å²) in [6, 6.07) is 0.303. The Morgan fingerprint density at radius 1 is 1.12 bits per heavy atom. The van der Waals surface area contributed by atoms with Crippen LogP contribution in [0.5, 0.6) is 0 Å². The van der Waals surface area contributed by atoms with E-state index in [9.17, 15) is 9.59 Å². The molecule has 0 aromatic heterocycles. The molecule has 2 fully saturated rings. The highest BCUT2D eigenvalue weighted by Gasteiger charge is 2.33. The van der Waals surface area contributed by atoms with Gasteiger partial charge in [-0.05, 0) is 25.3 Å². The Hall–Kier alpha value is -0.940. The third-order valence-electron chi connectivity index (χ3n) is 3.86. The van der Waals surface area contributed by atoms with Gasteiger partial charge in [-0.2, -0.15) is 0 Å². The van der Waals surface area contributed by atoms with Crippen molar-refractivity contribution in [2.75, 3.05) is 19.6 Å². The second kappa shape index (κ2) is 5.60. The van der Waals surface area contributed by atoms with Gasteiger partial charge in [0.2, 0.25) is 11.8 Å². The van der Waals surface area contributed by atoms with Gasteiger partial charge in [0.15, 0.2) is 0 Å². The summed E-state index contributed by atoms with van der Waals surface area (Å²) >= 11 is 0. The Balaban J connectivity index is 2.06. The molecule has 1 saturated heterocycles. The molecular weight excluding hydrogens is 218 g/mol. The van der Waals surface area contributed by atoms with E-state index in [4.69, 9.17) is 5.73 Å². The van der Waals surface area contributed by atoms with Crippen molar-refractivity contribution in [1.29, 1.82) is 0 Å². The lowest BCUT2D eigenvalue weighted by Gasteiger charge is -2.36. The van der Waals surface area contributed by atoms with Gasteiger partial charge < -0.3 is 5.73 Å². The van der Waals surface area contributed by atoms with Gasteiger partial charge in [-0.15, -0.1) is 0 Å². The van der Waals surface area contributed by atoms with Gasteiger partial charge in [-0.1, -0.05) is 19.3 Å². The first kappa shape index (κ1) is 12.5. The number of amides is 2. The molecule has 0 spiro atoms. The molecule has 1 saturated carbocycles. The van der Waals surface area contributed by atoms with E-state index in [0.29, 0.717) is 31.6 Å². The van der Waals surface area contributed by atoms with Crippen LogP contribution in [0.25, 0.3) is 0 Å². The van der Waals surface area contributed by atoms with E-state index in [1.54, 1.807) is 0 Å². The Morgan fingerprint density at radius 3 is 2.41 bits per heavy atom. The standard InChI is InChI=1S/C12H21N3O2/c13-6-9-4-2-1-3-5-10(9)15-7-11(16)14-12(17)8-15/h9-10H,1-8,13H2,(H,14,16,17). The highest BCUT2D eigenvalue weighted by Crippen LogP contribution is 2.27. The minimum absolute atomic E-state index is 0.179. The SMILES string of the molecule is NCC1CCCCCC1N1CC(=O)NC(=O)C1. The Kier molecular flexibility index (Phi) is 4.12. The minimum Gasteiger partial charge on any atom is -0.330 e. The van der Waals surface area contributed by atoms with E-state index in [-0.39, 0.29) is 11.8 Å². The van der Waals surface area contributed by atoms with Crippen LogP contribution < -0.4 is 11.1 Å². The number of hydrogen-bond acceptors (Lipinski definition) is 4. The average molecular weight is 239 g/mol. The summed E-state index contributed by atoms with van der Waals surface area (Å²) < 4.78 is 0. The molecule has 0 aromatic rings. The fraction of sp³-hybridized carbons (Fsp3) is 0.833. The fourth-order valence-corrected chi connectivity index (χ4v) is 3.01. The average Bonchev–Trinajstić information content (AvgIpc) is 2.52. The minimum atomic E-state index is -0.179. The highest BCUT2D eigenvalue weighted by atomic mass is 16.2. The molecule has 2 amide bonds. The van der Waals surface area contributed by atoms with Gasteiger partial charge in [0.25, 0.3) is 0 Å². The number of hydrogen-bond donors (Lipinski definition) is 2. The zero-order chi connectivity index (χ0) is 12.3. The van der Waals surface area contributed by atoms with Crippen molar-refractivity contribution >= 4 is 11.8 Å². The molecule has 17 heavy (non-hydrogen) atoms. The van der Waals surface area contributed by atoms with Crippen LogP contribution in [0, 0.1) is 5.92 Å². The normalized spacial score (nSPS) is 32.1. The first-order valence-corrected chi connectivity index (χ1v) is 6.47. The largest absolute Gasteiger partial charge is 0.330 e. The summed E-state index contributed by atoms with van der Waals surface area (Å²) in [6.07, 6.45) is 5.80.